The van der Waals surface area contributed by atoms with E-state index in [9.17, 15) is 14.4 Å². The molecular weight excluding hydrogens is 518 g/mol. The van der Waals surface area contributed by atoms with Gasteiger partial charge in [-0.15, -0.1) is 0 Å². The Kier molecular flexibility index (Phi) is 7.14. The number of ether oxygens (including phenoxy) is 3. The van der Waals surface area contributed by atoms with Gasteiger partial charge in [-0.05, 0) is 51.5 Å². The van der Waals surface area contributed by atoms with Crippen LogP contribution in [0.3, 0.4) is 0 Å². The summed E-state index contributed by atoms with van der Waals surface area (Å²) < 4.78 is 18.4. The molecule has 9 nitrogen and oxygen atoms in total. The lowest BCUT2D eigenvalue weighted by atomic mass is 9.95. The summed E-state index contributed by atoms with van der Waals surface area (Å²) in [6.07, 6.45) is 0. The van der Waals surface area contributed by atoms with Gasteiger partial charge in [-0.25, -0.2) is 9.79 Å². The van der Waals surface area contributed by atoms with Gasteiger partial charge in [-0.1, -0.05) is 35.6 Å². The maximum Gasteiger partial charge on any atom is 0.338 e. The molecule has 0 radical (unpaired) electrons. The number of fused-ring (bicyclic) bond motifs is 2. The highest BCUT2D eigenvalue weighted by molar-refractivity contribution is 7.07. The fourth-order valence-corrected chi connectivity index (χ4v) is 6.24. The van der Waals surface area contributed by atoms with E-state index in [4.69, 9.17) is 14.2 Å². The first kappa shape index (κ1) is 26.4. The van der Waals surface area contributed by atoms with E-state index in [1.807, 2.05) is 38.1 Å². The zero-order chi connectivity index (χ0) is 27.8. The molecule has 10 heteroatoms. The Balaban J connectivity index is 1.82. The van der Waals surface area contributed by atoms with E-state index < -0.39 is 17.6 Å². The SMILES string of the molecule is CCOC(=O)C1=C(C)N=c2s/c(=C3/C(=O)N(CC)c4ccccc43)c(=O)n2[C@H]1c1ccc(OC)c(OCC)c1. The molecule has 2 aliphatic rings. The predicted octanol–water partition coefficient (Wildman–Crippen LogP) is 2.94. The molecule has 0 saturated carbocycles. The van der Waals surface area contributed by atoms with Crippen molar-refractivity contribution in [2.24, 2.45) is 4.99 Å². The number of likely N-dealkylation sites (N-methyl/N-ethyl adjacent to an activating group) is 1. The number of esters is 1. The highest BCUT2D eigenvalue weighted by Crippen LogP contribution is 2.37. The molecule has 1 aromatic heterocycles. The molecule has 0 fully saturated rings. The van der Waals surface area contributed by atoms with Gasteiger partial charge in [-0.3, -0.25) is 14.2 Å². The van der Waals surface area contributed by atoms with E-state index >= 15 is 0 Å². The first-order valence-electron chi connectivity index (χ1n) is 12.8. The highest BCUT2D eigenvalue weighted by atomic mass is 32.1. The summed E-state index contributed by atoms with van der Waals surface area (Å²) in [6.45, 7) is 8.25. The minimum Gasteiger partial charge on any atom is -0.493 e. The van der Waals surface area contributed by atoms with E-state index in [1.165, 1.54) is 4.57 Å². The number of methoxy groups -OCH3 is 1. The van der Waals surface area contributed by atoms with Crippen LogP contribution >= 0.6 is 11.3 Å². The molecule has 0 aliphatic carbocycles. The summed E-state index contributed by atoms with van der Waals surface area (Å²) >= 11 is 1.15. The zero-order valence-electron chi connectivity index (χ0n) is 22.4. The Bertz CT molecular complexity index is 1700. The average molecular weight is 548 g/mol. The first-order chi connectivity index (χ1) is 18.9. The van der Waals surface area contributed by atoms with E-state index in [2.05, 4.69) is 4.99 Å². The van der Waals surface area contributed by atoms with Crippen LogP contribution in [-0.4, -0.2) is 43.3 Å². The maximum atomic E-state index is 14.2. The van der Waals surface area contributed by atoms with Crippen molar-refractivity contribution in [3.63, 3.8) is 0 Å². The van der Waals surface area contributed by atoms with Crippen molar-refractivity contribution in [3.8, 4) is 11.5 Å². The van der Waals surface area contributed by atoms with Crippen LogP contribution in [0.4, 0.5) is 5.69 Å². The van der Waals surface area contributed by atoms with Gasteiger partial charge in [0.25, 0.3) is 11.5 Å². The number of nitrogens with zero attached hydrogens (tertiary/aromatic N) is 3. The number of thiazole rings is 1. The third-order valence-electron chi connectivity index (χ3n) is 6.76. The summed E-state index contributed by atoms with van der Waals surface area (Å²) in [7, 11) is 1.55. The summed E-state index contributed by atoms with van der Waals surface area (Å²) in [4.78, 5) is 47.6. The summed E-state index contributed by atoms with van der Waals surface area (Å²) in [6, 6.07) is 11.9. The van der Waals surface area contributed by atoms with Gasteiger partial charge >= 0.3 is 5.97 Å². The Hall–Kier alpha value is -4.18. The second-order valence-electron chi connectivity index (χ2n) is 8.91. The lowest BCUT2D eigenvalue weighted by Gasteiger charge is -2.25. The summed E-state index contributed by atoms with van der Waals surface area (Å²) in [5.74, 6) is 0.222. The molecule has 202 valence electrons. The molecule has 5 rings (SSSR count). The smallest absolute Gasteiger partial charge is 0.338 e. The number of rotatable bonds is 7. The van der Waals surface area contributed by atoms with Crippen molar-refractivity contribution in [3.05, 3.63) is 84.5 Å². The number of carbonyl (C=O) groups is 2. The van der Waals surface area contributed by atoms with E-state index in [0.29, 0.717) is 51.8 Å². The van der Waals surface area contributed by atoms with E-state index in [1.54, 1.807) is 44.1 Å². The molecule has 0 bridgehead atoms. The molecule has 0 saturated heterocycles. The molecule has 0 spiro atoms. The number of benzene rings is 2. The zero-order valence-corrected chi connectivity index (χ0v) is 23.3. The Morgan fingerprint density at radius 1 is 1.05 bits per heavy atom. The van der Waals surface area contributed by atoms with Crippen LogP contribution in [0.15, 0.2) is 63.5 Å². The van der Waals surface area contributed by atoms with E-state index in [0.717, 1.165) is 17.0 Å². The Morgan fingerprint density at radius 2 is 1.82 bits per heavy atom. The van der Waals surface area contributed by atoms with Crippen molar-refractivity contribution in [1.82, 2.24) is 4.57 Å². The number of hydrogen-bond acceptors (Lipinski definition) is 8. The third-order valence-corrected chi connectivity index (χ3v) is 7.82. The third kappa shape index (κ3) is 4.24. The topological polar surface area (TPSA) is 99.4 Å². The molecule has 1 atom stereocenters. The Labute approximate surface area is 229 Å². The molecule has 0 unspecified atom stereocenters. The van der Waals surface area contributed by atoms with Crippen LogP contribution < -0.4 is 29.3 Å². The van der Waals surface area contributed by atoms with Crippen molar-refractivity contribution in [2.45, 2.75) is 33.7 Å². The maximum absolute atomic E-state index is 14.2. The van der Waals surface area contributed by atoms with Crippen LogP contribution in [0.1, 0.15) is 44.9 Å². The molecule has 2 aliphatic heterocycles. The quantitative estimate of drug-likeness (QED) is 0.422. The fraction of sp³-hybridized carbons (Fsp3) is 0.310. The number of amides is 1. The standard InChI is InChI=1S/C29H29N3O6S/c1-6-31-19-12-10-9-11-18(19)23(26(31)33)25-27(34)32-24(17-13-14-20(36-5)21(15-17)37-7-2)22(28(35)38-8-3)16(4)30-29(32)39-25/h9-15,24H,6-8H2,1-5H3/b25-23+/t24-/m0/s1. The molecule has 39 heavy (non-hydrogen) atoms. The lowest BCUT2D eigenvalue weighted by molar-refractivity contribution is -0.139. The van der Waals surface area contributed by atoms with E-state index in [-0.39, 0.29) is 22.6 Å². The predicted molar refractivity (Wildman–Crippen MR) is 148 cm³/mol. The van der Waals surface area contributed by atoms with Crippen molar-refractivity contribution >= 4 is 34.5 Å². The molecular formula is C29H29N3O6S. The normalized spacial score (nSPS) is 17.5. The molecule has 3 aromatic rings. The molecule has 1 amide bonds. The number of para-hydroxylation sites is 1. The van der Waals surface area contributed by atoms with Crippen LogP contribution in [0.25, 0.3) is 5.57 Å². The summed E-state index contributed by atoms with van der Waals surface area (Å²) in [5, 5.41) is 0. The molecule has 2 aromatic carbocycles. The highest BCUT2D eigenvalue weighted by Gasteiger charge is 2.37. The number of anilines is 1. The van der Waals surface area contributed by atoms with Gasteiger partial charge in [0.1, 0.15) is 4.53 Å². The van der Waals surface area contributed by atoms with Crippen molar-refractivity contribution in [2.75, 3.05) is 31.8 Å². The van der Waals surface area contributed by atoms with Crippen LogP contribution in [0.5, 0.6) is 11.5 Å². The fourth-order valence-electron chi connectivity index (χ4n) is 5.10. The minimum atomic E-state index is -0.839. The van der Waals surface area contributed by atoms with Gasteiger partial charge in [0.15, 0.2) is 16.3 Å². The largest absolute Gasteiger partial charge is 0.493 e. The number of aromatic nitrogens is 1. The second kappa shape index (κ2) is 10.5. The molecule has 3 heterocycles. The van der Waals surface area contributed by atoms with Gasteiger partial charge < -0.3 is 19.1 Å². The van der Waals surface area contributed by atoms with Crippen LogP contribution in [-0.2, 0) is 14.3 Å². The van der Waals surface area contributed by atoms with Gasteiger partial charge in [0.05, 0.1) is 48.9 Å². The van der Waals surface area contributed by atoms with Gasteiger partial charge in [-0.2, -0.15) is 0 Å². The van der Waals surface area contributed by atoms with Gasteiger partial charge in [0.2, 0.25) is 0 Å². The second-order valence-corrected chi connectivity index (χ2v) is 9.89. The number of hydrogen-bond donors (Lipinski definition) is 0. The lowest BCUT2D eigenvalue weighted by Crippen LogP contribution is -2.41. The van der Waals surface area contributed by atoms with Crippen LogP contribution in [0.2, 0.25) is 0 Å². The monoisotopic (exact) mass is 547 g/mol. The van der Waals surface area contributed by atoms with Crippen molar-refractivity contribution in [1.29, 1.82) is 0 Å². The Morgan fingerprint density at radius 3 is 2.51 bits per heavy atom. The van der Waals surface area contributed by atoms with Gasteiger partial charge in [0, 0.05) is 12.1 Å². The molecule has 0 N–H and O–H groups in total. The van der Waals surface area contributed by atoms with Crippen LogP contribution in [0, 0.1) is 0 Å². The first-order valence-corrected chi connectivity index (χ1v) is 13.6. The minimum absolute atomic E-state index is 0.169. The average Bonchev–Trinajstić information content (AvgIpc) is 3.39. The number of allylic oxidation sites excluding steroid dienone is 1. The number of carbonyl (C=O) groups excluding carboxylic acids is 2. The van der Waals surface area contributed by atoms with Crippen molar-refractivity contribution < 1.29 is 23.8 Å². The summed E-state index contributed by atoms with van der Waals surface area (Å²) in [5.41, 5.74) is 2.74.